The SMILES string of the molecule is CC(C)N(C)C(=O)C1CCN(Cc2ccc(-n3ccnc3)cc2)CC1. The Labute approximate surface area is 150 Å². The van der Waals surface area contributed by atoms with E-state index >= 15 is 0 Å². The summed E-state index contributed by atoms with van der Waals surface area (Å²) in [5.41, 5.74) is 2.44. The van der Waals surface area contributed by atoms with Crippen molar-refractivity contribution in [2.75, 3.05) is 20.1 Å². The summed E-state index contributed by atoms with van der Waals surface area (Å²) in [5.74, 6) is 0.492. The fraction of sp³-hybridized carbons (Fsp3) is 0.500. The number of imidazole rings is 1. The molecule has 1 amide bonds. The fourth-order valence-corrected chi connectivity index (χ4v) is 3.32. The molecule has 5 heteroatoms. The molecule has 0 aliphatic carbocycles. The van der Waals surface area contributed by atoms with Gasteiger partial charge in [-0.2, -0.15) is 0 Å². The molecule has 1 aromatic carbocycles. The number of hydrogen-bond donors (Lipinski definition) is 0. The molecule has 0 atom stereocenters. The highest BCUT2D eigenvalue weighted by Gasteiger charge is 2.27. The van der Waals surface area contributed by atoms with E-state index in [1.165, 1.54) is 5.56 Å². The van der Waals surface area contributed by atoms with Crippen LogP contribution in [0.4, 0.5) is 0 Å². The van der Waals surface area contributed by atoms with Crippen LogP contribution in [0.15, 0.2) is 43.0 Å². The second-order valence-electron chi connectivity index (χ2n) is 7.23. The molecule has 0 bridgehead atoms. The minimum atomic E-state index is 0.187. The zero-order chi connectivity index (χ0) is 17.8. The van der Waals surface area contributed by atoms with Gasteiger partial charge in [0.15, 0.2) is 0 Å². The topological polar surface area (TPSA) is 41.4 Å². The van der Waals surface area contributed by atoms with Gasteiger partial charge in [0.25, 0.3) is 0 Å². The summed E-state index contributed by atoms with van der Waals surface area (Å²) in [6.45, 7) is 7.07. The van der Waals surface area contributed by atoms with Gasteiger partial charge in [0.1, 0.15) is 0 Å². The Kier molecular flexibility index (Phi) is 5.53. The number of benzene rings is 1. The van der Waals surface area contributed by atoms with Crippen molar-refractivity contribution in [3.63, 3.8) is 0 Å². The second-order valence-corrected chi connectivity index (χ2v) is 7.23. The number of hydrogen-bond acceptors (Lipinski definition) is 3. The molecule has 2 aromatic rings. The van der Waals surface area contributed by atoms with E-state index in [-0.39, 0.29) is 12.0 Å². The van der Waals surface area contributed by atoms with Crippen LogP contribution >= 0.6 is 0 Å². The van der Waals surface area contributed by atoms with Gasteiger partial charge in [0.2, 0.25) is 5.91 Å². The third-order valence-corrected chi connectivity index (χ3v) is 5.20. The summed E-state index contributed by atoms with van der Waals surface area (Å²) in [5, 5.41) is 0. The van der Waals surface area contributed by atoms with Gasteiger partial charge in [0.05, 0.1) is 6.33 Å². The maximum absolute atomic E-state index is 12.5. The molecular formula is C20H28N4O. The van der Waals surface area contributed by atoms with E-state index in [1.54, 1.807) is 6.20 Å². The van der Waals surface area contributed by atoms with Crippen molar-refractivity contribution in [1.29, 1.82) is 0 Å². The lowest BCUT2D eigenvalue weighted by Gasteiger charge is -2.34. The lowest BCUT2D eigenvalue weighted by atomic mass is 9.94. The van der Waals surface area contributed by atoms with E-state index in [4.69, 9.17) is 0 Å². The van der Waals surface area contributed by atoms with Crippen molar-refractivity contribution in [2.45, 2.75) is 39.3 Å². The number of aromatic nitrogens is 2. The summed E-state index contributed by atoms with van der Waals surface area (Å²) in [4.78, 5) is 20.9. The Hall–Kier alpha value is -2.14. The molecule has 0 N–H and O–H groups in total. The Balaban J connectivity index is 1.51. The zero-order valence-electron chi connectivity index (χ0n) is 15.4. The molecule has 1 fully saturated rings. The van der Waals surface area contributed by atoms with E-state index in [1.807, 2.05) is 29.0 Å². The molecule has 134 valence electrons. The number of carbonyl (C=O) groups is 1. The molecule has 3 rings (SSSR count). The van der Waals surface area contributed by atoms with E-state index in [0.29, 0.717) is 5.91 Å². The van der Waals surface area contributed by atoms with E-state index in [0.717, 1.165) is 38.2 Å². The minimum Gasteiger partial charge on any atom is -0.343 e. The predicted octanol–water partition coefficient (Wildman–Crippen LogP) is 2.95. The standard InChI is InChI=1S/C20H28N4O/c1-16(2)22(3)20(25)18-8-11-23(12-9-18)14-17-4-6-19(7-5-17)24-13-10-21-15-24/h4-7,10,13,15-16,18H,8-9,11-12,14H2,1-3H3. The summed E-state index contributed by atoms with van der Waals surface area (Å²) >= 11 is 0. The number of piperidine rings is 1. The number of carbonyl (C=O) groups excluding carboxylic acids is 1. The number of amides is 1. The van der Waals surface area contributed by atoms with Gasteiger partial charge >= 0.3 is 0 Å². The quantitative estimate of drug-likeness (QED) is 0.840. The maximum Gasteiger partial charge on any atom is 0.225 e. The Morgan fingerprint density at radius 2 is 1.92 bits per heavy atom. The van der Waals surface area contributed by atoms with E-state index in [9.17, 15) is 4.79 Å². The lowest BCUT2D eigenvalue weighted by Crippen LogP contribution is -2.43. The van der Waals surface area contributed by atoms with Crippen molar-refractivity contribution < 1.29 is 4.79 Å². The molecule has 0 spiro atoms. The third-order valence-electron chi connectivity index (χ3n) is 5.20. The molecule has 0 saturated carbocycles. The van der Waals surface area contributed by atoms with Crippen LogP contribution in [0.25, 0.3) is 5.69 Å². The van der Waals surface area contributed by atoms with Crippen molar-refractivity contribution in [1.82, 2.24) is 19.4 Å². The van der Waals surface area contributed by atoms with Gasteiger partial charge in [0, 0.05) is 43.6 Å². The minimum absolute atomic E-state index is 0.187. The summed E-state index contributed by atoms with van der Waals surface area (Å²) in [7, 11) is 1.92. The van der Waals surface area contributed by atoms with Gasteiger partial charge < -0.3 is 9.47 Å². The monoisotopic (exact) mass is 340 g/mol. The third kappa shape index (κ3) is 4.28. The normalized spacial score (nSPS) is 16.3. The van der Waals surface area contributed by atoms with Crippen LogP contribution in [0.1, 0.15) is 32.3 Å². The molecule has 1 aliphatic rings. The summed E-state index contributed by atoms with van der Waals surface area (Å²) in [6.07, 6.45) is 7.47. The van der Waals surface area contributed by atoms with Gasteiger partial charge in [-0.1, -0.05) is 12.1 Å². The first-order chi connectivity index (χ1) is 12.0. The van der Waals surface area contributed by atoms with Crippen molar-refractivity contribution in [3.8, 4) is 5.69 Å². The zero-order valence-corrected chi connectivity index (χ0v) is 15.4. The lowest BCUT2D eigenvalue weighted by molar-refractivity contribution is -0.137. The highest BCUT2D eigenvalue weighted by atomic mass is 16.2. The van der Waals surface area contributed by atoms with Crippen LogP contribution in [0, 0.1) is 5.92 Å². The highest BCUT2D eigenvalue weighted by molar-refractivity contribution is 5.78. The van der Waals surface area contributed by atoms with Crippen LogP contribution < -0.4 is 0 Å². The Morgan fingerprint density at radius 1 is 1.24 bits per heavy atom. The first-order valence-electron chi connectivity index (χ1n) is 9.11. The van der Waals surface area contributed by atoms with Gasteiger partial charge in [-0.05, 0) is 57.5 Å². The molecule has 25 heavy (non-hydrogen) atoms. The summed E-state index contributed by atoms with van der Waals surface area (Å²) in [6, 6.07) is 8.90. The molecule has 1 saturated heterocycles. The van der Waals surface area contributed by atoms with Crippen LogP contribution in [-0.4, -0.2) is 51.4 Å². The number of nitrogens with zero attached hydrogens (tertiary/aromatic N) is 4. The summed E-state index contributed by atoms with van der Waals surface area (Å²) < 4.78 is 2.01. The first-order valence-corrected chi connectivity index (χ1v) is 9.11. The predicted molar refractivity (Wildman–Crippen MR) is 99.5 cm³/mol. The Morgan fingerprint density at radius 3 is 2.48 bits per heavy atom. The number of likely N-dealkylation sites (tertiary alicyclic amines) is 1. The van der Waals surface area contributed by atoms with Crippen LogP contribution in [-0.2, 0) is 11.3 Å². The molecule has 1 aliphatic heterocycles. The average molecular weight is 340 g/mol. The molecular weight excluding hydrogens is 312 g/mol. The second kappa shape index (κ2) is 7.83. The van der Waals surface area contributed by atoms with Crippen LogP contribution in [0.5, 0.6) is 0 Å². The fourth-order valence-electron chi connectivity index (χ4n) is 3.32. The van der Waals surface area contributed by atoms with Gasteiger partial charge in [-0.25, -0.2) is 4.98 Å². The van der Waals surface area contributed by atoms with Crippen molar-refractivity contribution in [3.05, 3.63) is 48.5 Å². The number of rotatable bonds is 5. The first kappa shape index (κ1) is 17.7. The smallest absolute Gasteiger partial charge is 0.225 e. The van der Waals surface area contributed by atoms with E-state index in [2.05, 4.69) is 48.0 Å². The molecule has 2 heterocycles. The van der Waals surface area contributed by atoms with Crippen LogP contribution in [0.3, 0.4) is 0 Å². The molecule has 5 nitrogen and oxygen atoms in total. The van der Waals surface area contributed by atoms with E-state index < -0.39 is 0 Å². The van der Waals surface area contributed by atoms with Crippen LogP contribution in [0.2, 0.25) is 0 Å². The largest absolute Gasteiger partial charge is 0.343 e. The molecule has 0 radical (unpaired) electrons. The average Bonchev–Trinajstić information content (AvgIpc) is 3.16. The Bertz CT molecular complexity index is 670. The van der Waals surface area contributed by atoms with Gasteiger partial charge in [-0.15, -0.1) is 0 Å². The highest BCUT2D eigenvalue weighted by Crippen LogP contribution is 2.22. The van der Waals surface area contributed by atoms with Crippen molar-refractivity contribution in [2.24, 2.45) is 5.92 Å². The van der Waals surface area contributed by atoms with Gasteiger partial charge in [-0.3, -0.25) is 9.69 Å². The molecule has 0 unspecified atom stereocenters. The van der Waals surface area contributed by atoms with Crippen molar-refractivity contribution >= 4 is 5.91 Å². The molecule has 1 aromatic heterocycles. The maximum atomic E-state index is 12.5.